The fraction of sp³-hybridized carbons (Fsp3) is 0.393. The highest BCUT2D eigenvalue weighted by atomic mass is 16.4. The number of hydrogen-bond acceptors (Lipinski definition) is 7. The predicted octanol–water partition coefficient (Wildman–Crippen LogP) is -0.185. The van der Waals surface area contributed by atoms with Crippen LogP contribution >= 0.6 is 0 Å². The van der Waals surface area contributed by atoms with Gasteiger partial charge in [0.2, 0.25) is 23.6 Å². The molecule has 12 nitrogen and oxygen atoms in total. The van der Waals surface area contributed by atoms with E-state index in [9.17, 15) is 34.2 Å². The Morgan fingerprint density at radius 1 is 0.925 bits per heavy atom. The van der Waals surface area contributed by atoms with Crippen molar-refractivity contribution in [3.8, 4) is 5.75 Å². The lowest BCUT2D eigenvalue weighted by atomic mass is 10.0. The molecule has 0 bridgehead atoms. The van der Waals surface area contributed by atoms with Crippen molar-refractivity contribution < 1.29 is 34.2 Å². The number of phenols is 1. The van der Waals surface area contributed by atoms with Gasteiger partial charge < -0.3 is 37.2 Å². The average molecular weight is 554 g/mol. The molecule has 1 aliphatic rings. The molecule has 40 heavy (non-hydrogen) atoms. The van der Waals surface area contributed by atoms with Crippen LogP contribution in [0.2, 0.25) is 0 Å². The fourth-order valence-electron chi connectivity index (χ4n) is 4.60. The molecule has 1 saturated heterocycles. The molecule has 4 atom stereocenters. The van der Waals surface area contributed by atoms with Crippen LogP contribution < -0.4 is 22.1 Å². The summed E-state index contributed by atoms with van der Waals surface area (Å²) in [4.78, 5) is 64.1. The minimum absolute atomic E-state index is 0.00593. The summed E-state index contributed by atoms with van der Waals surface area (Å²) in [6.45, 7) is 0.239. The van der Waals surface area contributed by atoms with E-state index in [-0.39, 0.29) is 38.0 Å². The second kappa shape index (κ2) is 14.1. The molecule has 0 aliphatic carbocycles. The number of nitrogens with one attached hydrogen (secondary N) is 2. The van der Waals surface area contributed by atoms with Gasteiger partial charge in [-0.3, -0.25) is 19.2 Å². The van der Waals surface area contributed by atoms with E-state index < -0.39 is 53.8 Å². The summed E-state index contributed by atoms with van der Waals surface area (Å²) in [6.07, 6.45) is 0.849. The molecule has 1 aliphatic heterocycles. The number of carboxylic acid groups (broad SMARTS) is 1. The van der Waals surface area contributed by atoms with E-state index in [0.717, 1.165) is 5.56 Å². The van der Waals surface area contributed by atoms with Crippen LogP contribution in [0.4, 0.5) is 0 Å². The summed E-state index contributed by atoms with van der Waals surface area (Å²) < 4.78 is 0. The topological polar surface area (TPSA) is 205 Å². The average Bonchev–Trinajstić information content (AvgIpc) is 3.42. The van der Waals surface area contributed by atoms with Gasteiger partial charge in [0, 0.05) is 25.8 Å². The Morgan fingerprint density at radius 2 is 1.55 bits per heavy atom. The van der Waals surface area contributed by atoms with Crippen molar-refractivity contribution in [3.63, 3.8) is 0 Å². The quantitative estimate of drug-likeness (QED) is 0.196. The molecule has 0 spiro atoms. The molecule has 12 heteroatoms. The first kappa shape index (κ1) is 30.1. The standard InChI is InChI=1S/C28H35N5O7/c29-20(12-13-24(30)35)25(36)31-21(15-18-8-10-19(34)11-9-18)27(38)33-14-4-7-23(33)26(37)32-22(28(39)40)16-17-5-2-1-3-6-17/h1-3,5-6,8-11,20-23,34H,4,7,12-16,29H2,(H2,30,35)(H,31,36)(H,32,37)(H,39,40). The minimum atomic E-state index is -1.20. The summed E-state index contributed by atoms with van der Waals surface area (Å²) in [7, 11) is 0. The molecular weight excluding hydrogens is 518 g/mol. The maximum Gasteiger partial charge on any atom is 0.326 e. The van der Waals surface area contributed by atoms with Crippen LogP contribution in [0.1, 0.15) is 36.8 Å². The van der Waals surface area contributed by atoms with E-state index in [1.165, 1.54) is 17.0 Å². The monoisotopic (exact) mass is 553 g/mol. The summed E-state index contributed by atoms with van der Waals surface area (Å²) in [5.74, 6) is -3.57. The van der Waals surface area contributed by atoms with Crippen LogP contribution in [0, 0.1) is 0 Å². The number of amides is 4. The van der Waals surface area contributed by atoms with Gasteiger partial charge in [0.15, 0.2) is 0 Å². The Bertz CT molecular complexity index is 1210. The zero-order chi connectivity index (χ0) is 29.2. The van der Waals surface area contributed by atoms with E-state index in [2.05, 4.69) is 10.6 Å². The number of carbonyl (C=O) groups excluding carboxylic acids is 4. The molecule has 1 fully saturated rings. The van der Waals surface area contributed by atoms with Gasteiger partial charge in [0.1, 0.15) is 23.9 Å². The molecule has 3 rings (SSSR count). The van der Waals surface area contributed by atoms with Crippen LogP contribution in [-0.4, -0.2) is 75.4 Å². The summed E-state index contributed by atoms with van der Waals surface area (Å²) in [5.41, 5.74) is 12.4. The van der Waals surface area contributed by atoms with E-state index in [4.69, 9.17) is 11.5 Å². The Balaban J connectivity index is 1.76. The van der Waals surface area contributed by atoms with Crippen molar-refractivity contribution in [1.29, 1.82) is 0 Å². The molecule has 1 heterocycles. The zero-order valence-corrected chi connectivity index (χ0v) is 22.0. The third-order valence-electron chi connectivity index (χ3n) is 6.77. The number of rotatable bonds is 13. The summed E-state index contributed by atoms with van der Waals surface area (Å²) in [6, 6.07) is 10.7. The Morgan fingerprint density at radius 3 is 2.17 bits per heavy atom. The molecule has 0 radical (unpaired) electrons. The number of carbonyl (C=O) groups is 5. The van der Waals surface area contributed by atoms with Gasteiger partial charge in [0.25, 0.3) is 0 Å². The second-order valence-electron chi connectivity index (χ2n) is 9.82. The van der Waals surface area contributed by atoms with Crippen LogP contribution in [0.5, 0.6) is 5.75 Å². The van der Waals surface area contributed by atoms with Crippen LogP contribution in [0.15, 0.2) is 54.6 Å². The molecule has 2 aromatic rings. The number of phenolic OH excluding ortho intramolecular Hbond substituents is 1. The first-order valence-corrected chi connectivity index (χ1v) is 13.0. The SMILES string of the molecule is NC(=O)CCC(N)C(=O)NC(Cc1ccc(O)cc1)C(=O)N1CCCC1C(=O)NC(Cc1ccccc1)C(=O)O. The number of aliphatic carboxylic acids is 1. The van der Waals surface area contributed by atoms with Crippen molar-refractivity contribution in [3.05, 3.63) is 65.7 Å². The maximum atomic E-state index is 13.7. The predicted molar refractivity (Wildman–Crippen MR) is 145 cm³/mol. The highest BCUT2D eigenvalue weighted by Gasteiger charge is 2.39. The molecule has 2 aromatic carbocycles. The van der Waals surface area contributed by atoms with Crippen LogP contribution in [0.3, 0.4) is 0 Å². The smallest absolute Gasteiger partial charge is 0.326 e. The van der Waals surface area contributed by atoms with Crippen molar-refractivity contribution >= 4 is 29.6 Å². The van der Waals surface area contributed by atoms with Gasteiger partial charge in [-0.2, -0.15) is 0 Å². The normalized spacial score (nSPS) is 16.9. The third kappa shape index (κ3) is 8.53. The third-order valence-corrected chi connectivity index (χ3v) is 6.77. The van der Waals surface area contributed by atoms with Crippen LogP contribution in [0.25, 0.3) is 0 Å². The lowest BCUT2D eigenvalue weighted by molar-refractivity contribution is -0.145. The van der Waals surface area contributed by atoms with Crippen molar-refractivity contribution in [2.24, 2.45) is 11.5 Å². The molecule has 0 aromatic heterocycles. The number of nitrogens with two attached hydrogens (primary N) is 2. The van der Waals surface area contributed by atoms with Gasteiger partial charge in [-0.25, -0.2) is 4.79 Å². The lowest BCUT2D eigenvalue weighted by Gasteiger charge is -2.30. The van der Waals surface area contributed by atoms with Gasteiger partial charge in [-0.1, -0.05) is 42.5 Å². The molecule has 214 valence electrons. The first-order chi connectivity index (χ1) is 19.0. The van der Waals surface area contributed by atoms with E-state index in [1.807, 2.05) is 0 Å². The zero-order valence-electron chi connectivity index (χ0n) is 22.0. The number of primary amides is 1. The molecule has 4 unspecified atom stereocenters. The lowest BCUT2D eigenvalue weighted by Crippen LogP contribution is -2.57. The highest BCUT2D eigenvalue weighted by Crippen LogP contribution is 2.21. The van der Waals surface area contributed by atoms with Crippen molar-refractivity contribution in [2.45, 2.75) is 62.7 Å². The van der Waals surface area contributed by atoms with E-state index in [0.29, 0.717) is 18.4 Å². The first-order valence-electron chi connectivity index (χ1n) is 13.0. The highest BCUT2D eigenvalue weighted by molar-refractivity contribution is 5.94. The van der Waals surface area contributed by atoms with Gasteiger partial charge in [-0.05, 0) is 42.5 Å². The number of hydrogen-bond donors (Lipinski definition) is 6. The minimum Gasteiger partial charge on any atom is -0.508 e. The van der Waals surface area contributed by atoms with Crippen molar-refractivity contribution in [1.82, 2.24) is 15.5 Å². The van der Waals surface area contributed by atoms with E-state index >= 15 is 0 Å². The van der Waals surface area contributed by atoms with Gasteiger partial charge in [0.05, 0.1) is 6.04 Å². The number of aromatic hydroxyl groups is 1. The van der Waals surface area contributed by atoms with Gasteiger partial charge in [-0.15, -0.1) is 0 Å². The molecule has 0 saturated carbocycles. The molecule has 8 N–H and O–H groups in total. The number of benzene rings is 2. The summed E-state index contributed by atoms with van der Waals surface area (Å²) >= 11 is 0. The van der Waals surface area contributed by atoms with E-state index in [1.54, 1.807) is 42.5 Å². The van der Waals surface area contributed by atoms with Crippen molar-refractivity contribution in [2.75, 3.05) is 6.54 Å². The number of carboxylic acids is 1. The molecule has 4 amide bonds. The molecular formula is C28H35N5O7. The fourth-order valence-corrected chi connectivity index (χ4v) is 4.60. The largest absolute Gasteiger partial charge is 0.508 e. The second-order valence-corrected chi connectivity index (χ2v) is 9.82. The Hall–Kier alpha value is -4.45. The number of nitrogens with zero attached hydrogens (tertiary/aromatic N) is 1. The Kier molecular flexibility index (Phi) is 10.6. The van der Waals surface area contributed by atoms with Gasteiger partial charge >= 0.3 is 5.97 Å². The maximum absolute atomic E-state index is 13.7. The summed E-state index contributed by atoms with van der Waals surface area (Å²) in [5, 5.41) is 24.5. The number of likely N-dealkylation sites (tertiary alicyclic amines) is 1. The Labute approximate surface area is 231 Å². The van der Waals surface area contributed by atoms with Crippen LogP contribution in [-0.2, 0) is 36.8 Å².